The van der Waals surface area contributed by atoms with Crippen molar-refractivity contribution in [1.82, 2.24) is 5.32 Å². The van der Waals surface area contributed by atoms with Gasteiger partial charge in [0, 0.05) is 17.6 Å². The molecule has 3 N–H and O–H groups in total. The maximum absolute atomic E-state index is 12.1. The second-order valence-electron chi connectivity index (χ2n) is 4.97. The van der Waals surface area contributed by atoms with E-state index in [4.69, 9.17) is 10.5 Å². The Morgan fingerprint density at radius 3 is 3.05 bits per heavy atom. The minimum Gasteiger partial charge on any atom is -0.465 e. The van der Waals surface area contributed by atoms with Gasteiger partial charge in [-0.3, -0.25) is 0 Å². The minimum atomic E-state index is -0.411. The lowest BCUT2D eigenvalue weighted by Gasteiger charge is -2.27. The highest BCUT2D eigenvalue weighted by Gasteiger charge is 2.29. The first-order valence-electron chi connectivity index (χ1n) is 6.92. The summed E-state index contributed by atoms with van der Waals surface area (Å²) >= 11 is 0. The van der Waals surface area contributed by atoms with Crippen molar-refractivity contribution in [1.29, 1.82) is 0 Å². The molecule has 1 unspecified atom stereocenters. The van der Waals surface area contributed by atoms with Crippen LogP contribution >= 0.6 is 0 Å². The molecule has 0 saturated carbocycles. The van der Waals surface area contributed by atoms with Gasteiger partial charge in [0.15, 0.2) is 0 Å². The van der Waals surface area contributed by atoms with Crippen LogP contribution in [-0.4, -0.2) is 19.1 Å². The molecule has 0 radical (unpaired) electrons. The van der Waals surface area contributed by atoms with Gasteiger partial charge < -0.3 is 15.8 Å². The summed E-state index contributed by atoms with van der Waals surface area (Å²) in [5, 5.41) is 5.33. The third-order valence-corrected chi connectivity index (χ3v) is 3.79. The Morgan fingerprint density at radius 1 is 1.45 bits per heavy atom. The van der Waals surface area contributed by atoms with E-state index >= 15 is 0 Å². The summed E-state index contributed by atoms with van der Waals surface area (Å²) in [4.78, 5) is 12.1. The third-order valence-electron chi connectivity index (χ3n) is 3.79. The Morgan fingerprint density at radius 2 is 2.25 bits per heavy atom. The molecule has 1 aliphatic heterocycles. The van der Waals surface area contributed by atoms with Gasteiger partial charge in [0.05, 0.1) is 6.61 Å². The summed E-state index contributed by atoms with van der Waals surface area (Å²) < 4.78 is 5.15. The van der Waals surface area contributed by atoms with E-state index in [2.05, 4.69) is 11.4 Å². The molecule has 0 bridgehead atoms. The van der Waals surface area contributed by atoms with Crippen LogP contribution in [0.25, 0.3) is 10.8 Å². The van der Waals surface area contributed by atoms with Gasteiger partial charge >= 0.3 is 5.97 Å². The van der Waals surface area contributed by atoms with Gasteiger partial charge in [-0.25, -0.2) is 4.79 Å². The summed E-state index contributed by atoms with van der Waals surface area (Å²) in [5.74, 6) is -0.233. The standard InChI is InChI=1S/C16H18N2O2/c1-2-20-16(19)15-13-9-10-5-3-4-6-11(10)14(17)12(13)7-8-18-15/h3-6,9,15,18H,2,7-8,17H2,1H3. The summed E-state index contributed by atoms with van der Waals surface area (Å²) in [6.45, 7) is 2.94. The number of anilines is 1. The molecule has 20 heavy (non-hydrogen) atoms. The van der Waals surface area contributed by atoms with E-state index in [9.17, 15) is 4.79 Å². The highest BCUT2D eigenvalue weighted by Crippen LogP contribution is 2.34. The highest BCUT2D eigenvalue weighted by molar-refractivity contribution is 5.97. The second kappa shape index (κ2) is 5.13. The van der Waals surface area contributed by atoms with Crippen LogP contribution in [0.5, 0.6) is 0 Å². The third kappa shape index (κ3) is 2.02. The number of carbonyl (C=O) groups is 1. The number of nitrogens with one attached hydrogen (secondary N) is 1. The lowest BCUT2D eigenvalue weighted by atomic mass is 9.89. The molecule has 3 rings (SSSR count). The Kier molecular flexibility index (Phi) is 3.32. The van der Waals surface area contributed by atoms with Gasteiger partial charge in [0.2, 0.25) is 0 Å². The number of nitrogen functional groups attached to an aromatic ring is 1. The normalized spacial score (nSPS) is 17.8. The van der Waals surface area contributed by atoms with Crippen molar-refractivity contribution in [2.24, 2.45) is 0 Å². The van der Waals surface area contributed by atoms with Crippen molar-refractivity contribution < 1.29 is 9.53 Å². The molecule has 2 aromatic rings. The molecule has 1 heterocycles. The summed E-state index contributed by atoms with van der Waals surface area (Å²) in [6.07, 6.45) is 0.835. The molecule has 0 aliphatic carbocycles. The van der Waals surface area contributed by atoms with Gasteiger partial charge in [0.1, 0.15) is 6.04 Å². The largest absolute Gasteiger partial charge is 0.465 e. The van der Waals surface area contributed by atoms with E-state index in [1.165, 1.54) is 0 Å². The van der Waals surface area contributed by atoms with Crippen molar-refractivity contribution in [2.45, 2.75) is 19.4 Å². The number of carbonyl (C=O) groups excluding carboxylic acids is 1. The van der Waals surface area contributed by atoms with Crippen molar-refractivity contribution in [2.75, 3.05) is 18.9 Å². The Bertz CT molecular complexity index is 667. The van der Waals surface area contributed by atoms with E-state index in [1.807, 2.05) is 31.2 Å². The number of nitrogens with two attached hydrogens (primary N) is 1. The zero-order chi connectivity index (χ0) is 14.1. The van der Waals surface area contributed by atoms with Crippen LogP contribution in [0.15, 0.2) is 30.3 Å². The van der Waals surface area contributed by atoms with Gasteiger partial charge in [-0.15, -0.1) is 0 Å². The lowest BCUT2D eigenvalue weighted by molar-refractivity contribution is -0.146. The van der Waals surface area contributed by atoms with Crippen LogP contribution in [0.3, 0.4) is 0 Å². The SMILES string of the molecule is CCOC(=O)C1NCCc2c1cc1ccccc1c2N. The maximum atomic E-state index is 12.1. The minimum absolute atomic E-state index is 0.233. The predicted molar refractivity (Wildman–Crippen MR) is 79.4 cm³/mol. The molecule has 0 spiro atoms. The van der Waals surface area contributed by atoms with Gasteiger partial charge in [0.25, 0.3) is 0 Å². The molecule has 1 aliphatic rings. The van der Waals surface area contributed by atoms with Crippen LogP contribution in [0.4, 0.5) is 5.69 Å². The fraction of sp³-hybridized carbons (Fsp3) is 0.312. The zero-order valence-corrected chi connectivity index (χ0v) is 11.5. The Hall–Kier alpha value is -2.07. The number of esters is 1. The lowest BCUT2D eigenvalue weighted by Crippen LogP contribution is -2.36. The number of fused-ring (bicyclic) bond motifs is 2. The smallest absolute Gasteiger partial charge is 0.327 e. The summed E-state index contributed by atoms with van der Waals surface area (Å²) in [7, 11) is 0. The molecule has 1 atom stereocenters. The maximum Gasteiger partial charge on any atom is 0.327 e. The monoisotopic (exact) mass is 270 g/mol. The fourth-order valence-corrected chi connectivity index (χ4v) is 2.86. The predicted octanol–water partition coefficient (Wildman–Crippen LogP) is 2.17. The van der Waals surface area contributed by atoms with Crippen LogP contribution in [0.2, 0.25) is 0 Å². The molecule has 2 aromatic carbocycles. The average Bonchev–Trinajstić information content (AvgIpc) is 2.47. The highest BCUT2D eigenvalue weighted by atomic mass is 16.5. The molecular weight excluding hydrogens is 252 g/mol. The summed E-state index contributed by atoms with van der Waals surface area (Å²) in [6, 6.07) is 9.63. The first-order valence-corrected chi connectivity index (χ1v) is 6.92. The van der Waals surface area contributed by atoms with Crippen molar-refractivity contribution >= 4 is 22.4 Å². The van der Waals surface area contributed by atoms with Crippen molar-refractivity contribution in [3.8, 4) is 0 Å². The molecule has 0 amide bonds. The van der Waals surface area contributed by atoms with Gasteiger partial charge in [-0.05, 0) is 35.9 Å². The Labute approximate surface area is 117 Å². The topological polar surface area (TPSA) is 64.3 Å². The van der Waals surface area contributed by atoms with Crippen molar-refractivity contribution in [3.05, 3.63) is 41.5 Å². The molecule has 4 nitrogen and oxygen atoms in total. The second-order valence-corrected chi connectivity index (χ2v) is 4.97. The van der Waals surface area contributed by atoms with E-state index in [0.717, 1.165) is 40.6 Å². The number of ether oxygens (including phenoxy) is 1. The summed E-state index contributed by atoms with van der Waals surface area (Å²) in [5.41, 5.74) is 9.10. The molecule has 0 saturated heterocycles. The van der Waals surface area contributed by atoms with Gasteiger partial charge in [-0.2, -0.15) is 0 Å². The molecule has 104 valence electrons. The van der Waals surface area contributed by atoms with Gasteiger partial charge in [-0.1, -0.05) is 24.3 Å². The number of benzene rings is 2. The van der Waals surface area contributed by atoms with Crippen LogP contribution in [0, 0.1) is 0 Å². The molecule has 0 fully saturated rings. The zero-order valence-electron chi connectivity index (χ0n) is 11.5. The van der Waals surface area contributed by atoms with E-state index in [0.29, 0.717) is 6.61 Å². The van der Waals surface area contributed by atoms with Crippen LogP contribution in [-0.2, 0) is 16.0 Å². The first-order chi connectivity index (χ1) is 9.72. The first kappa shape index (κ1) is 12.9. The van der Waals surface area contributed by atoms with Crippen LogP contribution in [0.1, 0.15) is 24.1 Å². The molecular formula is C16H18N2O2. The quantitative estimate of drug-likeness (QED) is 0.648. The van der Waals surface area contributed by atoms with Crippen molar-refractivity contribution in [3.63, 3.8) is 0 Å². The average molecular weight is 270 g/mol. The number of hydrogen-bond acceptors (Lipinski definition) is 4. The van der Waals surface area contributed by atoms with E-state index < -0.39 is 6.04 Å². The molecule has 0 aromatic heterocycles. The van der Waals surface area contributed by atoms with E-state index in [-0.39, 0.29) is 5.97 Å². The van der Waals surface area contributed by atoms with E-state index in [1.54, 1.807) is 0 Å². The Balaban J connectivity index is 2.16. The molecule has 4 heteroatoms. The fourth-order valence-electron chi connectivity index (χ4n) is 2.86. The van der Waals surface area contributed by atoms with Crippen LogP contribution < -0.4 is 11.1 Å². The number of hydrogen-bond donors (Lipinski definition) is 2. The number of rotatable bonds is 2.